The van der Waals surface area contributed by atoms with Gasteiger partial charge in [-0.05, 0) is 0 Å². The van der Waals surface area contributed by atoms with E-state index in [-0.39, 0.29) is 0 Å². The van der Waals surface area contributed by atoms with Crippen molar-refractivity contribution < 1.29 is 0 Å². The van der Waals surface area contributed by atoms with Gasteiger partial charge in [0.15, 0.2) is 0 Å². The molecule has 2 heteroatoms. The van der Waals surface area contributed by atoms with Crippen LogP contribution >= 0.6 is 11.8 Å². The number of hydrogen-bond acceptors (Lipinski definition) is 1. The first-order chi connectivity index (χ1) is 8.58. The van der Waals surface area contributed by atoms with Crippen molar-refractivity contribution in [2.24, 2.45) is 11.8 Å². The summed E-state index contributed by atoms with van der Waals surface area (Å²) < 4.78 is 1.59. The van der Waals surface area contributed by atoms with Crippen molar-refractivity contribution in [3.63, 3.8) is 0 Å². The van der Waals surface area contributed by atoms with Crippen molar-refractivity contribution in [3.8, 4) is 0 Å². The molecule has 0 bridgehead atoms. The Hall–Kier alpha value is -0.171. The molecular weight excluding hydrogens is 303 g/mol. The average Bonchev–Trinajstić information content (AvgIpc) is 2.33. The first kappa shape index (κ1) is 15.9. The summed E-state index contributed by atoms with van der Waals surface area (Å²) in [5.74, 6) is 2.81. The summed E-state index contributed by atoms with van der Waals surface area (Å²) in [5.41, 5.74) is 1.34. The van der Waals surface area contributed by atoms with E-state index in [0.29, 0.717) is 15.0 Å². The molecular formula is C16H24SSe. The van der Waals surface area contributed by atoms with Gasteiger partial charge in [-0.1, -0.05) is 0 Å². The zero-order valence-corrected chi connectivity index (χ0v) is 14.4. The molecule has 0 aliphatic heterocycles. The molecule has 0 aliphatic carbocycles. The zero-order chi connectivity index (χ0) is 13.4. The molecule has 100 valence electrons. The molecule has 0 saturated heterocycles. The molecule has 0 spiro atoms. The molecule has 18 heavy (non-hydrogen) atoms. The molecule has 0 radical (unpaired) electrons. The topological polar surface area (TPSA) is 0 Å². The number of benzene rings is 1. The molecule has 1 rings (SSSR count). The number of hydrogen-bond donors (Lipinski definition) is 0. The maximum atomic E-state index is 2.38. The summed E-state index contributed by atoms with van der Waals surface area (Å²) in [6.45, 7) is 9.22. The monoisotopic (exact) mass is 328 g/mol. The van der Waals surface area contributed by atoms with Crippen LogP contribution in [0, 0.1) is 11.8 Å². The normalized spacial score (nSPS) is 12.4. The van der Waals surface area contributed by atoms with Crippen molar-refractivity contribution >= 4 is 32.8 Å². The van der Waals surface area contributed by atoms with Crippen LogP contribution in [0.2, 0.25) is 5.32 Å². The molecule has 0 saturated carbocycles. The minimum absolute atomic E-state index is 0.629. The molecule has 0 aromatic heterocycles. The third-order valence-electron chi connectivity index (χ3n) is 2.20. The molecule has 0 aliphatic rings. The number of rotatable bonds is 7. The predicted molar refractivity (Wildman–Crippen MR) is 87.1 cm³/mol. The Kier molecular flexibility index (Phi) is 7.81. The SMILES string of the molecule is CC(C)CS/C(=C/c1ccccc1)[Se]CC(C)C. The van der Waals surface area contributed by atoms with Crippen LogP contribution in [-0.2, 0) is 0 Å². The summed E-state index contributed by atoms with van der Waals surface area (Å²) >= 11 is 2.68. The molecule has 0 unspecified atom stereocenters. The summed E-state index contributed by atoms with van der Waals surface area (Å²) in [6, 6.07) is 10.7. The van der Waals surface area contributed by atoms with Gasteiger partial charge in [-0.25, -0.2) is 0 Å². The van der Waals surface area contributed by atoms with Gasteiger partial charge < -0.3 is 0 Å². The van der Waals surface area contributed by atoms with E-state index in [1.807, 2.05) is 0 Å². The van der Waals surface area contributed by atoms with E-state index in [2.05, 4.69) is 75.9 Å². The van der Waals surface area contributed by atoms with Gasteiger partial charge in [-0.15, -0.1) is 0 Å². The van der Waals surface area contributed by atoms with Crippen LogP contribution in [0.15, 0.2) is 34.1 Å². The van der Waals surface area contributed by atoms with E-state index in [1.54, 1.807) is 3.80 Å². The van der Waals surface area contributed by atoms with Gasteiger partial charge >= 0.3 is 123 Å². The van der Waals surface area contributed by atoms with Crippen LogP contribution in [0.5, 0.6) is 0 Å². The second kappa shape index (κ2) is 8.85. The molecule has 0 heterocycles. The van der Waals surface area contributed by atoms with Crippen LogP contribution in [0.4, 0.5) is 0 Å². The van der Waals surface area contributed by atoms with Crippen molar-refractivity contribution in [1.29, 1.82) is 0 Å². The minimum atomic E-state index is 0.629. The molecule has 0 N–H and O–H groups in total. The molecule has 0 nitrogen and oxygen atoms in total. The third kappa shape index (κ3) is 7.31. The van der Waals surface area contributed by atoms with Crippen molar-refractivity contribution in [1.82, 2.24) is 0 Å². The molecule has 1 aromatic carbocycles. The van der Waals surface area contributed by atoms with Crippen LogP contribution in [0.3, 0.4) is 0 Å². The van der Waals surface area contributed by atoms with E-state index in [9.17, 15) is 0 Å². The Morgan fingerprint density at radius 1 is 1.11 bits per heavy atom. The van der Waals surface area contributed by atoms with Crippen LogP contribution in [0.1, 0.15) is 33.3 Å². The summed E-state index contributed by atoms with van der Waals surface area (Å²) in [4.78, 5) is 0. The summed E-state index contributed by atoms with van der Waals surface area (Å²) in [7, 11) is 0. The van der Waals surface area contributed by atoms with Gasteiger partial charge in [-0.3, -0.25) is 0 Å². The Labute approximate surface area is 123 Å². The Morgan fingerprint density at radius 2 is 1.78 bits per heavy atom. The van der Waals surface area contributed by atoms with E-state index >= 15 is 0 Å². The molecule has 1 aromatic rings. The van der Waals surface area contributed by atoms with Gasteiger partial charge in [0.05, 0.1) is 0 Å². The second-order valence-corrected chi connectivity index (χ2v) is 9.16. The molecule has 0 atom stereocenters. The van der Waals surface area contributed by atoms with Gasteiger partial charge in [0, 0.05) is 0 Å². The van der Waals surface area contributed by atoms with Gasteiger partial charge in [0.1, 0.15) is 0 Å². The first-order valence-corrected chi connectivity index (χ1v) is 9.65. The first-order valence-electron chi connectivity index (χ1n) is 6.60. The fourth-order valence-corrected chi connectivity index (χ4v) is 4.92. The molecule has 0 amide bonds. The van der Waals surface area contributed by atoms with E-state index < -0.39 is 0 Å². The number of thioether (sulfide) groups is 1. The van der Waals surface area contributed by atoms with Crippen molar-refractivity contribution in [3.05, 3.63) is 39.7 Å². The molecule has 0 fully saturated rings. The van der Waals surface area contributed by atoms with Gasteiger partial charge in [0.2, 0.25) is 0 Å². The predicted octanol–water partition coefficient (Wildman–Crippen LogP) is 5.15. The van der Waals surface area contributed by atoms with Gasteiger partial charge in [0.25, 0.3) is 0 Å². The third-order valence-corrected chi connectivity index (χ3v) is 7.38. The Bertz CT molecular complexity index is 341. The standard InChI is InChI=1S/C16H24SSe/c1-13(2)11-17-16(18-12-14(3)4)10-15-8-6-5-7-9-15/h5-10,13-14H,11-12H2,1-4H3/b16-10-. The van der Waals surface area contributed by atoms with Crippen LogP contribution in [0.25, 0.3) is 6.08 Å². The summed E-state index contributed by atoms with van der Waals surface area (Å²) in [5, 5.41) is 1.34. The Morgan fingerprint density at radius 3 is 2.33 bits per heavy atom. The average molecular weight is 327 g/mol. The van der Waals surface area contributed by atoms with Crippen LogP contribution in [-0.4, -0.2) is 20.7 Å². The van der Waals surface area contributed by atoms with Crippen molar-refractivity contribution in [2.45, 2.75) is 33.0 Å². The van der Waals surface area contributed by atoms with Gasteiger partial charge in [-0.2, -0.15) is 0 Å². The maximum absolute atomic E-state index is 2.38. The van der Waals surface area contributed by atoms with E-state index in [1.165, 1.54) is 16.6 Å². The van der Waals surface area contributed by atoms with E-state index in [0.717, 1.165) is 11.8 Å². The quantitative estimate of drug-likeness (QED) is 0.624. The second-order valence-electron chi connectivity index (χ2n) is 5.28. The van der Waals surface area contributed by atoms with Crippen LogP contribution < -0.4 is 0 Å². The Balaban J connectivity index is 2.66. The van der Waals surface area contributed by atoms with Crippen molar-refractivity contribution in [2.75, 3.05) is 5.75 Å². The zero-order valence-electron chi connectivity index (χ0n) is 11.8. The fraction of sp³-hybridized carbons (Fsp3) is 0.500. The summed E-state index contributed by atoms with van der Waals surface area (Å²) in [6.07, 6.45) is 2.38. The van der Waals surface area contributed by atoms with E-state index in [4.69, 9.17) is 0 Å². The fourth-order valence-electron chi connectivity index (χ4n) is 1.31.